The molecule has 1 saturated heterocycles. The SMILES string of the molecule is FC(F)(F)CNC1CCCNC1. The summed E-state index contributed by atoms with van der Waals surface area (Å²) in [4.78, 5) is 0. The molecule has 0 bridgehead atoms. The van der Waals surface area contributed by atoms with E-state index in [0.717, 1.165) is 19.4 Å². The lowest BCUT2D eigenvalue weighted by molar-refractivity contribution is -0.126. The Balaban J connectivity index is 2.13. The summed E-state index contributed by atoms with van der Waals surface area (Å²) in [5, 5.41) is 5.52. The van der Waals surface area contributed by atoms with Crippen LogP contribution in [0.5, 0.6) is 0 Å². The van der Waals surface area contributed by atoms with Crippen molar-refractivity contribution in [3.63, 3.8) is 0 Å². The zero-order valence-corrected chi connectivity index (χ0v) is 6.75. The van der Waals surface area contributed by atoms with Crippen LogP contribution < -0.4 is 10.6 Å². The summed E-state index contributed by atoms with van der Waals surface area (Å²) in [6, 6.07) is -0.0135. The summed E-state index contributed by atoms with van der Waals surface area (Å²) < 4.78 is 35.2. The van der Waals surface area contributed by atoms with Gasteiger partial charge in [0.1, 0.15) is 0 Å². The summed E-state index contributed by atoms with van der Waals surface area (Å²) in [6.07, 6.45) is -2.30. The molecule has 1 aliphatic rings. The topological polar surface area (TPSA) is 24.1 Å². The first kappa shape index (κ1) is 9.80. The quantitative estimate of drug-likeness (QED) is 0.662. The minimum Gasteiger partial charge on any atom is -0.315 e. The molecule has 0 aromatic carbocycles. The smallest absolute Gasteiger partial charge is 0.315 e. The second-order valence-corrected chi connectivity index (χ2v) is 3.04. The highest BCUT2D eigenvalue weighted by Gasteiger charge is 2.28. The summed E-state index contributed by atoms with van der Waals surface area (Å²) in [6.45, 7) is 0.694. The van der Waals surface area contributed by atoms with Gasteiger partial charge in [0.15, 0.2) is 0 Å². The summed E-state index contributed by atoms with van der Waals surface area (Å²) in [5.41, 5.74) is 0. The maximum absolute atomic E-state index is 11.7. The first-order valence-corrected chi connectivity index (χ1v) is 4.09. The monoisotopic (exact) mass is 182 g/mol. The molecule has 2 N–H and O–H groups in total. The van der Waals surface area contributed by atoms with Crippen LogP contribution >= 0.6 is 0 Å². The van der Waals surface area contributed by atoms with Gasteiger partial charge in [-0.3, -0.25) is 0 Å². The molecule has 5 heteroatoms. The zero-order valence-electron chi connectivity index (χ0n) is 6.75. The van der Waals surface area contributed by atoms with E-state index in [1.165, 1.54) is 0 Å². The highest BCUT2D eigenvalue weighted by Crippen LogP contribution is 2.13. The Labute approximate surface area is 69.5 Å². The lowest BCUT2D eigenvalue weighted by Gasteiger charge is -2.24. The van der Waals surface area contributed by atoms with Gasteiger partial charge in [0.05, 0.1) is 6.54 Å². The van der Waals surface area contributed by atoms with Gasteiger partial charge in [-0.25, -0.2) is 0 Å². The number of hydrogen-bond acceptors (Lipinski definition) is 2. The first-order chi connectivity index (χ1) is 5.58. The van der Waals surface area contributed by atoms with Gasteiger partial charge in [0, 0.05) is 12.6 Å². The van der Waals surface area contributed by atoms with Crippen molar-refractivity contribution in [1.82, 2.24) is 10.6 Å². The van der Waals surface area contributed by atoms with Crippen LogP contribution in [-0.4, -0.2) is 31.9 Å². The van der Waals surface area contributed by atoms with Crippen molar-refractivity contribution >= 4 is 0 Å². The van der Waals surface area contributed by atoms with Crippen molar-refractivity contribution in [2.24, 2.45) is 0 Å². The van der Waals surface area contributed by atoms with Crippen molar-refractivity contribution in [2.75, 3.05) is 19.6 Å². The lowest BCUT2D eigenvalue weighted by Crippen LogP contribution is -2.46. The van der Waals surface area contributed by atoms with Crippen LogP contribution in [-0.2, 0) is 0 Å². The Morgan fingerprint density at radius 3 is 2.67 bits per heavy atom. The third kappa shape index (κ3) is 3.92. The molecule has 1 heterocycles. The van der Waals surface area contributed by atoms with Crippen LogP contribution in [0.1, 0.15) is 12.8 Å². The average molecular weight is 182 g/mol. The largest absolute Gasteiger partial charge is 0.401 e. The van der Waals surface area contributed by atoms with Gasteiger partial charge in [-0.1, -0.05) is 0 Å². The lowest BCUT2D eigenvalue weighted by atomic mass is 10.1. The van der Waals surface area contributed by atoms with E-state index < -0.39 is 12.7 Å². The molecule has 1 rings (SSSR count). The maximum atomic E-state index is 11.7. The van der Waals surface area contributed by atoms with Crippen molar-refractivity contribution < 1.29 is 13.2 Å². The van der Waals surface area contributed by atoms with Crippen LogP contribution in [0.3, 0.4) is 0 Å². The van der Waals surface area contributed by atoms with Crippen LogP contribution in [0.2, 0.25) is 0 Å². The summed E-state index contributed by atoms with van der Waals surface area (Å²) in [7, 11) is 0. The second kappa shape index (κ2) is 4.09. The molecule has 72 valence electrons. The molecule has 0 aromatic rings. The number of halogens is 3. The van der Waals surface area contributed by atoms with E-state index in [0.29, 0.717) is 6.54 Å². The van der Waals surface area contributed by atoms with E-state index in [2.05, 4.69) is 10.6 Å². The van der Waals surface area contributed by atoms with Gasteiger partial charge in [0.2, 0.25) is 0 Å². The standard InChI is InChI=1S/C7H13F3N2/c8-7(9,10)5-12-6-2-1-3-11-4-6/h6,11-12H,1-5H2. The van der Waals surface area contributed by atoms with Gasteiger partial charge < -0.3 is 10.6 Å². The van der Waals surface area contributed by atoms with E-state index in [-0.39, 0.29) is 6.04 Å². The highest BCUT2D eigenvalue weighted by atomic mass is 19.4. The molecule has 0 spiro atoms. The number of nitrogens with one attached hydrogen (secondary N) is 2. The predicted octanol–water partition coefficient (Wildman–Crippen LogP) is 0.890. The van der Waals surface area contributed by atoms with E-state index in [1.807, 2.05) is 0 Å². The molecule has 1 aliphatic heterocycles. The molecule has 0 amide bonds. The normalized spacial score (nSPS) is 25.8. The molecule has 0 saturated carbocycles. The van der Waals surface area contributed by atoms with Crippen molar-refractivity contribution in [1.29, 1.82) is 0 Å². The van der Waals surface area contributed by atoms with Crippen LogP contribution in [0.15, 0.2) is 0 Å². The summed E-state index contributed by atoms with van der Waals surface area (Å²) in [5.74, 6) is 0. The third-order valence-corrected chi connectivity index (χ3v) is 1.89. The molecule has 1 unspecified atom stereocenters. The van der Waals surface area contributed by atoms with Gasteiger partial charge in [0.25, 0.3) is 0 Å². The number of alkyl halides is 3. The number of hydrogen-bond donors (Lipinski definition) is 2. The Morgan fingerprint density at radius 2 is 2.17 bits per heavy atom. The fraction of sp³-hybridized carbons (Fsp3) is 1.00. The van der Waals surface area contributed by atoms with Crippen LogP contribution in [0, 0.1) is 0 Å². The number of piperidine rings is 1. The van der Waals surface area contributed by atoms with Gasteiger partial charge in [-0.15, -0.1) is 0 Å². The molecule has 2 nitrogen and oxygen atoms in total. The summed E-state index contributed by atoms with van der Waals surface area (Å²) >= 11 is 0. The molecule has 0 aromatic heterocycles. The molecular weight excluding hydrogens is 169 g/mol. The first-order valence-electron chi connectivity index (χ1n) is 4.09. The minimum atomic E-state index is -4.09. The van der Waals surface area contributed by atoms with Crippen molar-refractivity contribution in [2.45, 2.75) is 25.1 Å². The molecular formula is C7H13F3N2. The fourth-order valence-electron chi connectivity index (χ4n) is 1.29. The molecule has 1 fully saturated rings. The highest BCUT2D eigenvalue weighted by molar-refractivity contribution is 4.75. The number of rotatable bonds is 2. The molecule has 1 atom stereocenters. The maximum Gasteiger partial charge on any atom is 0.401 e. The predicted molar refractivity (Wildman–Crippen MR) is 39.9 cm³/mol. The van der Waals surface area contributed by atoms with E-state index >= 15 is 0 Å². The van der Waals surface area contributed by atoms with E-state index in [1.54, 1.807) is 0 Å². The van der Waals surface area contributed by atoms with E-state index in [4.69, 9.17) is 0 Å². The van der Waals surface area contributed by atoms with Crippen molar-refractivity contribution in [3.05, 3.63) is 0 Å². The minimum absolute atomic E-state index is 0.0135. The van der Waals surface area contributed by atoms with Crippen molar-refractivity contribution in [3.8, 4) is 0 Å². The second-order valence-electron chi connectivity index (χ2n) is 3.04. The zero-order chi connectivity index (χ0) is 9.03. The van der Waals surface area contributed by atoms with Gasteiger partial charge in [-0.05, 0) is 19.4 Å². The Morgan fingerprint density at radius 1 is 1.42 bits per heavy atom. The Bertz CT molecular complexity index is 129. The molecule has 0 radical (unpaired) electrons. The van der Waals surface area contributed by atoms with E-state index in [9.17, 15) is 13.2 Å². The molecule has 12 heavy (non-hydrogen) atoms. The van der Waals surface area contributed by atoms with Gasteiger partial charge >= 0.3 is 6.18 Å². The Hall–Kier alpha value is -0.290. The van der Waals surface area contributed by atoms with Crippen LogP contribution in [0.4, 0.5) is 13.2 Å². The average Bonchev–Trinajstić information content (AvgIpc) is 2.02. The fourth-order valence-corrected chi connectivity index (χ4v) is 1.29. The third-order valence-electron chi connectivity index (χ3n) is 1.89. The molecule has 0 aliphatic carbocycles. The van der Waals surface area contributed by atoms with Crippen LogP contribution in [0.25, 0.3) is 0 Å². The Kier molecular flexibility index (Phi) is 3.34. The van der Waals surface area contributed by atoms with Gasteiger partial charge in [-0.2, -0.15) is 13.2 Å².